The molecule has 0 aliphatic carbocycles. The number of benzene rings is 2. The molecule has 0 bridgehead atoms. The number of carbonyl (C=O) groups excluding carboxylic acids is 1. The molecule has 4 rings (SSSR count). The molecule has 178 valence electrons. The molecule has 0 aromatic heterocycles. The second-order valence-corrected chi connectivity index (χ2v) is 9.33. The average Bonchev–Trinajstić information content (AvgIpc) is 2.78. The van der Waals surface area contributed by atoms with Crippen molar-refractivity contribution < 1.29 is 18.3 Å². The minimum Gasteiger partial charge on any atom is -0.384 e. The monoisotopic (exact) mass is 497 g/mol. The van der Waals surface area contributed by atoms with E-state index in [1.165, 1.54) is 12.1 Å². The van der Waals surface area contributed by atoms with Crippen LogP contribution in [0, 0.1) is 17.6 Å². The Bertz CT molecular complexity index is 979. The van der Waals surface area contributed by atoms with Crippen LogP contribution in [-0.4, -0.2) is 56.7 Å². The predicted octanol–water partition coefficient (Wildman–Crippen LogP) is 5.00. The lowest BCUT2D eigenvalue weighted by Crippen LogP contribution is -2.41. The number of hydrogen-bond acceptors (Lipinski definition) is 4. The van der Waals surface area contributed by atoms with Crippen molar-refractivity contribution in [2.45, 2.75) is 19.3 Å². The zero-order valence-corrected chi connectivity index (χ0v) is 19.8. The van der Waals surface area contributed by atoms with Gasteiger partial charge in [0.15, 0.2) is 0 Å². The zero-order valence-electron chi connectivity index (χ0n) is 18.3. The molecule has 5 nitrogen and oxygen atoms in total. The van der Waals surface area contributed by atoms with E-state index < -0.39 is 11.6 Å². The molecule has 2 aromatic rings. The molecule has 2 fully saturated rings. The zero-order chi connectivity index (χ0) is 23.4. The summed E-state index contributed by atoms with van der Waals surface area (Å²) in [5, 5.41) is 4.11. The minimum absolute atomic E-state index is 0.0149. The van der Waals surface area contributed by atoms with Crippen molar-refractivity contribution in [3.63, 3.8) is 0 Å². The highest BCUT2D eigenvalue weighted by molar-refractivity contribution is 6.40. The molecular weight excluding hydrogens is 471 g/mol. The van der Waals surface area contributed by atoms with Crippen LogP contribution >= 0.6 is 23.2 Å². The fourth-order valence-corrected chi connectivity index (χ4v) is 5.09. The van der Waals surface area contributed by atoms with Crippen molar-refractivity contribution in [1.82, 2.24) is 4.90 Å². The van der Waals surface area contributed by atoms with Gasteiger partial charge in [-0.05, 0) is 42.5 Å². The Morgan fingerprint density at radius 2 is 1.82 bits per heavy atom. The minimum atomic E-state index is -0.603. The summed E-state index contributed by atoms with van der Waals surface area (Å²) in [6.45, 7) is 5.34. The van der Waals surface area contributed by atoms with Crippen LogP contribution in [0.25, 0.3) is 0 Å². The number of nitrogens with zero attached hydrogens (tertiary/aromatic N) is 2. The Labute approximate surface area is 202 Å². The van der Waals surface area contributed by atoms with Gasteiger partial charge in [-0.15, -0.1) is 0 Å². The third-order valence-corrected chi connectivity index (χ3v) is 6.76. The van der Waals surface area contributed by atoms with Crippen molar-refractivity contribution in [2.24, 2.45) is 5.92 Å². The van der Waals surface area contributed by atoms with Gasteiger partial charge >= 0.3 is 0 Å². The lowest BCUT2D eigenvalue weighted by molar-refractivity contribution is -0.120. The molecule has 2 aliphatic rings. The number of amides is 1. The summed E-state index contributed by atoms with van der Waals surface area (Å²) >= 11 is 13.1. The summed E-state index contributed by atoms with van der Waals surface area (Å²) in [6.07, 6.45) is 1.36. The second kappa shape index (κ2) is 11.0. The standard InChI is InChI=1S/C24H27Cl2F2N3O2/c25-20-13-19(29-5-6-30-7-9-33-10-8-30)14-21(26)24(20)31-15-16(1-4-23(31)32)11-17-2-3-18(27)12-22(17)28/h2-3,12-14,16,29H,1,4-11,15H2. The molecule has 2 saturated heterocycles. The van der Waals surface area contributed by atoms with E-state index >= 15 is 0 Å². The number of morpholine rings is 1. The first-order valence-electron chi connectivity index (χ1n) is 11.2. The van der Waals surface area contributed by atoms with Gasteiger partial charge in [-0.1, -0.05) is 29.3 Å². The molecule has 1 N–H and O–H groups in total. The van der Waals surface area contributed by atoms with Gasteiger partial charge in [0.1, 0.15) is 11.6 Å². The fraction of sp³-hybridized carbons (Fsp3) is 0.458. The fourth-order valence-electron chi connectivity index (χ4n) is 4.40. The Kier molecular flexibility index (Phi) is 8.07. The molecule has 0 radical (unpaired) electrons. The van der Waals surface area contributed by atoms with Gasteiger partial charge in [0.05, 0.1) is 28.9 Å². The highest BCUT2D eigenvalue weighted by Crippen LogP contribution is 2.39. The number of halogens is 4. The van der Waals surface area contributed by atoms with Crippen LogP contribution < -0.4 is 10.2 Å². The van der Waals surface area contributed by atoms with E-state index in [1.54, 1.807) is 17.0 Å². The number of carbonyl (C=O) groups is 1. The van der Waals surface area contributed by atoms with Crippen LogP contribution in [-0.2, 0) is 16.0 Å². The maximum atomic E-state index is 14.1. The topological polar surface area (TPSA) is 44.8 Å². The molecule has 9 heteroatoms. The lowest BCUT2D eigenvalue weighted by Gasteiger charge is -2.34. The van der Waals surface area contributed by atoms with Gasteiger partial charge in [-0.2, -0.15) is 0 Å². The number of hydrogen-bond donors (Lipinski definition) is 1. The molecule has 2 heterocycles. The van der Waals surface area contributed by atoms with Gasteiger partial charge < -0.3 is 15.0 Å². The van der Waals surface area contributed by atoms with E-state index in [2.05, 4.69) is 10.2 Å². The average molecular weight is 498 g/mol. The molecule has 2 aliphatic heterocycles. The molecule has 33 heavy (non-hydrogen) atoms. The van der Waals surface area contributed by atoms with Gasteiger partial charge in [0.25, 0.3) is 0 Å². The second-order valence-electron chi connectivity index (χ2n) is 8.52. The smallest absolute Gasteiger partial charge is 0.227 e. The van der Waals surface area contributed by atoms with E-state index in [4.69, 9.17) is 27.9 Å². The van der Waals surface area contributed by atoms with Gasteiger partial charge in [0.2, 0.25) is 5.91 Å². The normalized spacial score (nSPS) is 19.7. The number of ether oxygens (including phenoxy) is 1. The number of anilines is 2. The van der Waals surface area contributed by atoms with E-state index in [0.29, 0.717) is 47.1 Å². The van der Waals surface area contributed by atoms with Gasteiger partial charge in [0, 0.05) is 50.9 Å². The molecule has 1 atom stereocenters. The summed E-state index contributed by atoms with van der Waals surface area (Å²) in [5.41, 5.74) is 1.70. The van der Waals surface area contributed by atoms with Crippen LogP contribution in [0.1, 0.15) is 18.4 Å². The first-order chi connectivity index (χ1) is 15.9. The molecular formula is C24H27Cl2F2N3O2. The quantitative estimate of drug-likeness (QED) is 0.584. The van der Waals surface area contributed by atoms with Gasteiger partial charge in [-0.25, -0.2) is 8.78 Å². The molecule has 2 aromatic carbocycles. The third kappa shape index (κ3) is 6.15. The summed E-state index contributed by atoms with van der Waals surface area (Å²) in [4.78, 5) is 16.6. The Morgan fingerprint density at radius 1 is 1.09 bits per heavy atom. The summed E-state index contributed by atoms with van der Waals surface area (Å²) in [7, 11) is 0. The Hall–Kier alpha value is -1.93. The van der Waals surface area contributed by atoms with Crippen LogP contribution in [0.4, 0.5) is 20.2 Å². The van der Waals surface area contributed by atoms with Crippen LogP contribution in [0.5, 0.6) is 0 Å². The van der Waals surface area contributed by atoms with Crippen molar-refractivity contribution in [3.8, 4) is 0 Å². The molecule has 1 unspecified atom stereocenters. The Balaban J connectivity index is 1.42. The van der Waals surface area contributed by atoms with E-state index in [0.717, 1.165) is 51.1 Å². The van der Waals surface area contributed by atoms with Crippen LogP contribution in [0.15, 0.2) is 30.3 Å². The lowest BCUT2D eigenvalue weighted by atomic mass is 9.90. The van der Waals surface area contributed by atoms with E-state index in [9.17, 15) is 13.6 Å². The highest BCUT2D eigenvalue weighted by atomic mass is 35.5. The first-order valence-corrected chi connectivity index (χ1v) is 11.9. The van der Waals surface area contributed by atoms with Crippen LogP contribution in [0.2, 0.25) is 10.0 Å². The maximum Gasteiger partial charge on any atom is 0.227 e. The largest absolute Gasteiger partial charge is 0.384 e. The molecule has 0 saturated carbocycles. The first kappa shape index (κ1) is 24.2. The van der Waals surface area contributed by atoms with Crippen molar-refractivity contribution >= 4 is 40.5 Å². The number of nitrogens with one attached hydrogen (secondary N) is 1. The summed E-state index contributed by atoms with van der Waals surface area (Å²) in [5.74, 6) is -1.22. The van der Waals surface area contributed by atoms with Crippen LogP contribution in [0.3, 0.4) is 0 Å². The predicted molar refractivity (Wildman–Crippen MR) is 127 cm³/mol. The number of rotatable bonds is 7. The Morgan fingerprint density at radius 3 is 2.52 bits per heavy atom. The van der Waals surface area contributed by atoms with Crippen molar-refractivity contribution in [2.75, 3.05) is 56.2 Å². The third-order valence-electron chi connectivity index (χ3n) is 6.18. The summed E-state index contributed by atoms with van der Waals surface area (Å²) in [6, 6.07) is 7.16. The van der Waals surface area contributed by atoms with E-state index in [-0.39, 0.29) is 11.8 Å². The van der Waals surface area contributed by atoms with E-state index in [1.807, 2.05) is 0 Å². The number of piperidine rings is 1. The molecule has 1 amide bonds. The highest BCUT2D eigenvalue weighted by Gasteiger charge is 2.30. The van der Waals surface area contributed by atoms with Crippen molar-refractivity contribution in [3.05, 3.63) is 57.6 Å². The van der Waals surface area contributed by atoms with Gasteiger partial charge in [-0.3, -0.25) is 9.69 Å². The molecule has 0 spiro atoms. The summed E-state index contributed by atoms with van der Waals surface area (Å²) < 4.78 is 32.7. The maximum absolute atomic E-state index is 14.1. The van der Waals surface area contributed by atoms with Crippen molar-refractivity contribution in [1.29, 1.82) is 0 Å². The SMILES string of the molecule is O=C1CCC(Cc2ccc(F)cc2F)CN1c1c(Cl)cc(NCCN2CCOCC2)cc1Cl.